The Morgan fingerprint density at radius 2 is 2.53 bits per heavy atom. The number of hydrogen-bond donors (Lipinski definition) is 0. The van der Waals surface area contributed by atoms with Crippen LogP contribution in [0.3, 0.4) is 0 Å². The molecule has 1 saturated heterocycles. The second kappa shape index (κ2) is 4.24. The number of morpholine rings is 1. The van der Waals surface area contributed by atoms with Crippen LogP contribution in [0, 0.1) is 18.3 Å². The quantitative estimate of drug-likeness (QED) is 0.667. The van der Waals surface area contributed by atoms with Gasteiger partial charge in [0.25, 0.3) is 0 Å². The molecule has 0 aliphatic carbocycles. The van der Waals surface area contributed by atoms with Crippen molar-refractivity contribution in [2.75, 3.05) is 24.6 Å². The van der Waals surface area contributed by atoms with E-state index in [1.165, 1.54) is 0 Å². The van der Waals surface area contributed by atoms with Crippen molar-refractivity contribution in [2.45, 2.75) is 13.0 Å². The van der Waals surface area contributed by atoms with E-state index in [-0.39, 0.29) is 6.10 Å². The zero-order valence-corrected chi connectivity index (χ0v) is 8.55. The monoisotopic (exact) mass is 204 g/mol. The van der Waals surface area contributed by atoms with E-state index in [1.54, 1.807) is 6.20 Å². The van der Waals surface area contributed by atoms with Gasteiger partial charge in [0.2, 0.25) is 0 Å². The SMILES string of the molecule is Cc1cnnc(N2CCOC(C#N)C2)c1. The van der Waals surface area contributed by atoms with Crippen molar-refractivity contribution < 1.29 is 4.74 Å². The lowest BCUT2D eigenvalue weighted by atomic mass is 10.2. The molecule has 0 N–H and O–H groups in total. The van der Waals surface area contributed by atoms with Gasteiger partial charge in [-0.15, -0.1) is 5.10 Å². The fourth-order valence-electron chi connectivity index (χ4n) is 1.54. The van der Waals surface area contributed by atoms with Gasteiger partial charge in [0.05, 0.1) is 25.4 Å². The minimum absolute atomic E-state index is 0.360. The largest absolute Gasteiger partial charge is 0.360 e. The first-order valence-corrected chi connectivity index (χ1v) is 4.85. The number of aryl methyl sites for hydroxylation is 1. The van der Waals surface area contributed by atoms with Crippen LogP contribution < -0.4 is 4.90 Å². The smallest absolute Gasteiger partial charge is 0.161 e. The maximum atomic E-state index is 8.77. The predicted molar refractivity (Wildman–Crippen MR) is 54.3 cm³/mol. The van der Waals surface area contributed by atoms with Crippen LogP contribution in [-0.2, 0) is 4.74 Å². The first-order chi connectivity index (χ1) is 7.29. The van der Waals surface area contributed by atoms with E-state index >= 15 is 0 Å². The first-order valence-electron chi connectivity index (χ1n) is 4.85. The van der Waals surface area contributed by atoms with Gasteiger partial charge in [0.15, 0.2) is 11.9 Å². The van der Waals surface area contributed by atoms with Crippen LogP contribution in [0.2, 0.25) is 0 Å². The lowest BCUT2D eigenvalue weighted by Gasteiger charge is -2.30. The molecule has 1 fully saturated rings. The molecular weight excluding hydrogens is 192 g/mol. The van der Waals surface area contributed by atoms with E-state index in [0.29, 0.717) is 13.2 Å². The van der Waals surface area contributed by atoms with Crippen molar-refractivity contribution in [2.24, 2.45) is 0 Å². The van der Waals surface area contributed by atoms with Crippen molar-refractivity contribution in [1.29, 1.82) is 5.26 Å². The Bertz CT molecular complexity index is 387. The Morgan fingerprint density at radius 1 is 1.67 bits per heavy atom. The van der Waals surface area contributed by atoms with Crippen LogP contribution in [0.4, 0.5) is 5.82 Å². The molecule has 5 nitrogen and oxygen atoms in total. The minimum atomic E-state index is -0.360. The highest BCUT2D eigenvalue weighted by Crippen LogP contribution is 2.14. The van der Waals surface area contributed by atoms with Gasteiger partial charge in [0.1, 0.15) is 0 Å². The summed E-state index contributed by atoms with van der Waals surface area (Å²) >= 11 is 0. The van der Waals surface area contributed by atoms with E-state index in [9.17, 15) is 0 Å². The van der Waals surface area contributed by atoms with E-state index < -0.39 is 0 Å². The highest BCUT2D eigenvalue weighted by Gasteiger charge is 2.21. The summed E-state index contributed by atoms with van der Waals surface area (Å²) in [6, 6.07) is 4.07. The Balaban J connectivity index is 2.14. The van der Waals surface area contributed by atoms with Crippen molar-refractivity contribution >= 4 is 5.82 Å². The fourth-order valence-corrected chi connectivity index (χ4v) is 1.54. The van der Waals surface area contributed by atoms with Crippen LogP contribution in [-0.4, -0.2) is 36.0 Å². The Kier molecular flexibility index (Phi) is 2.79. The molecule has 78 valence electrons. The minimum Gasteiger partial charge on any atom is -0.360 e. The Labute approximate surface area is 88.3 Å². The first kappa shape index (κ1) is 9.87. The average molecular weight is 204 g/mol. The summed E-state index contributed by atoms with van der Waals surface area (Å²) in [5.41, 5.74) is 1.07. The van der Waals surface area contributed by atoms with E-state index in [0.717, 1.165) is 17.9 Å². The van der Waals surface area contributed by atoms with Crippen LogP contribution in [0.1, 0.15) is 5.56 Å². The second-order valence-electron chi connectivity index (χ2n) is 3.53. The third-order valence-electron chi connectivity index (χ3n) is 2.31. The van der Waals surface area contributed by atoms with Gasteiger partial charge in [0, 0.05) is 6.54 Å². The number of hydrogen-bond acceptors (Lipinski definition) is 5. The maximum Gasteiger partial charge on any atom is 0.161 e. The standard InChI is InChI=1S/C10H12N4O/c1-8-4-10(13-12-6-8)14-2-3-15-9(5-11)7-14/h4,6,9H,2-3,7H2,1H3. The number of nitriles is 1. The molecule has 0 bridgehead atoms. The maximum absolute atomic E-state index is 8.77. The van der Waals surface area contributed by atoms with Gasteiger partial charge >= 0.3 is 0 Å². The number of ether oxygens (including phenoxy) is 1. The van der Waals surface area contributed by atoms with Crippen LogP contribution in [0.25, 0.3) is 0 Å². The summed E-state index contributed by atoms with van der Waals surface area (Å²) in [5, 5.41) is 16.7. The summed E-state index contributed by atoms with van der Waals surface area (Å²) in [6.45, 7) is 3.86. The number of aromatic nitrogens is 2. The molecule has 1 atom stereocenters. The van der Waals surface area contributed by atoms with Gasteiger partial charge in [-0.3, -0.25) is 0 Å². The molecule has 1 unspecified atom stereocenters. The lowest BCUT2D eigenvalue weighted by molar-refractivity contribution is 0.0761. The predicted octanol–water partition coefficient (Wildman–Crippen LogP) is 0.514. The molecule has 0 radical (unpaired) electrons. The average Bonchev–Trinajstić information content (AvgIpc) is 2.29. The van der Waals surface area contributed by atoms with Crippen molar-refractivity contribution in [3.63, 3.8) is 0 Å². The molecule has 2 heterocycles. The topological polar surface area (TPSA) is 62.0 Å². The van der Waals surface area contributed by atoms with Gasteiger partial charge in [-0.25, -0.2) is 0 Å². The van der Waals surface area contributed by atoms with Crippen molar-refractivity contribution in [1.82, 2.24) is 10.2 Å². The molecule has 0 amide bonds. The number of nitrogens with zero attached hydrogens (tertiary/aromatic N) is 4. The van der Waals surface area contributed by atoms with Gasteiger partial charge in [-0.1, -0.05) is 0 Å². The normalized spacial score (nSPS) is 21.1. The fraction of sp³-hybridized carbons (Fsp3) is 0.500. The highest BCUT2D eigenvalue weighted by atomic mass is 16.5. The molecular formula is C10H12N4O. The zero-order chi connectivity index (χ0) is 10.7. The lowest BCUT2D eigenvalue weighted by Crippen LogP contribution is -2.42. The molecule has 2 rings (SSSR count). The van der Waals surface area contributed by atoms with E-state index in [2.05, 4.69) is 16.3 Å². The summed E-state index contributed by atoms with van der Waals surface area (Å²) in [4.78, 5) is 2.03. The third-order valence-corrected chi connectivity index (χ3v) is 2.31. The molecule has 5 heteroatoms. The Morgan fingerprint density at radius 3 is 3.27 bits per heavy atom. The molecule has 1 aromatic rings. The van der Waals surface area contributed by atoms with E-state index in [4.69, 9.17) is 10.00 Å². The van der Waals surface area contributed by atoms with Crippen molar-refractivity contribution in [3.8, 4) is 6.07 Å². The summed E-state index contributed by atoms with van der Waals surface area (Å²) in [5.74, 6) is 0.818. The number of anilines is 1. The summed E-state index contributed by atoms with van der Waals surface area (Å²) in [6.07, 6.45) is 1.35. The van der Waals surface area contributed by atoms with Crippen LogP contribution >= 0.6 is 0 Å². The van der Waals surface area contributed by atoms with Crippen molar-refractivity contribution in [3.05, 3.63) is 17.8 Å². The van der Waals surface area contributed by atoms with E-state index in [1.807, 2.05) is 17.9 Å². The van der Waals surface area contributed by atoms with Gasteiger partial charge in [-0.05, 0) is 18.6 Å². The van der Waals surface area contributed by atoms with Gasteiger partial charge < -0.3 is 9.64 Å². The van der Waals surface area contributed by atoms with Gasteiger partial charge in [-0.2, -0.15) is 10.4 Å². The third kappa shape index (κ3) is 2.22. The van der Waals surface area contributed by atoms with Crippen LogP contribution in [0.15, 0.2) is 12.3 Å². The second-order valence-corrected chi connectivity index (χ2v) is 3.53. The summed E-state index contributed by atoms with van der Waals surface area (Å²) < 4.78 is 5.26. The van der Waals surface area contributed by atoms with Crippen LogP contribution in [0.5, 0.6) is 0 Å². The molecule has 0 aromatic carbocycles. The molecule has 15 heavy (non-hydrogen) atoms. The molecule has 0 spiro atoms. The molecule has 1 aliphatic heterocycles. The molecule has 1 aromatic heterocycles. The highest BCUT2D eigenvalue weighted by molar-refractivity contribution is 5.40. The number of rotatable bonds is 1. The molecule has 0 saturated carbocycles. The zero-order valence-electron chi connectivity index (χ0n) is 8.55. The molecule has 1 aliphatic rings. The summed E-state index contributed by atoms with van der Waals surface area (Å²) in [7, 11) is 0. The Hall–Kier alpha value is -1.67.